The Labute approximate surface area is 189 Å². The highest BCUT2D eigenvalue weighted by Gasteiger charge is 2.26. The molecule has 168 valence electrons. The molecule has 0 aromatic heterocycles. The summed E-state index contributed by atoms with van der Waals surface area (Å²) in [6, 6.07) is 12.3. The number of rotatable bonds is 10. The molecule has 1 N–H and O–H groups in total. The monoisotopic (exact) mass is 446 g/mol. The zero-order valence-electron chi connectivity index (χ0n) is 18.8. The van der Waals surface area contributed by atoms with Crippen LogP contribution in [0, 0.1) is 0 Å². The summed E-state index contributed by atoms with van der Waals surface area (Å²) < 4.78 is 10.6. The second-order valence-electron chi connectivity index (χ2n) is 7.68. The van der Waals surface area contributed by atoms with E-state index in [1.165, 1.54) is 0 Å². The summed E-state index contributed by atoms with van der Waals surface area (Å²) in [5.74, 6) is 0.982. The summed E-state index contributed by atoms with van der Waals surface area (Å²) in [6.45, 7) is 5.87. The zero-order chi connectivity index (χ0) is 23.0. The van der Waals surface area contributed by atoms with Crippen molar-refractivity contribution in [2.75, 3.05) is 14.2 Å². The molecule has 0 aliphatic carbocycles. The van der Waals surface area contributed by atoms with E-state index in [1.54, 1.807) is 38.2 Å². The minimum Gasteiger partial charge on any atom is -0.493 e. The fourth-order valence-electron chi connectivity index (χ4n) is 3.21. The maximum atomic E-state index is 13.2. The van der Waals surface area contributed by atoms with E-state index < -0.39 is 6.04 Å². The van der Waals surface area contributed by atoms with Crippen molar-refractivity contribution in [2.45, 2.75) is 52.2 Å². The first-order valence-electron chi connectivity index (χ1n) is 10.3. The van der Waals surface area contributed by atoms with Gasteiger partial charge in [0.1, 0.15) is 6.04 Å². The Balaban J connectivity index is 2.16. The Morgan fingerprint density at radius 2 is 1.58 bits per heavy atom. The average Bonchev–Trinajstić information content (AvgIpc) is 2.75. The zero-order valence-corrected chi connectivity index (χ0v) is 19.5. The van der Waals surface area contributed by atoms with Gasteiger partial charge in [-0.15, -0.1) is 0 Å². The van der Waals surface area contributed by atoms with Gasteiger partial charge in [-0.2, -0.15) is 0 Å². The maximum absolute atomic E-state index is 13.2. The highest BCUT2D eigenvalue weighted by molar-refractivity contribution is 6.30. The van der Waals surface area contributed by atoms with Crippen LogP contribution in [-0.4, -0.2) is 43.0 Å². The van der Waals surface area contributed by atoms with Crippen LogP contribution in [0.4, 0.5) is 0 Å². The van der Waals surface area contributed by atoms with Gasteiger partial charge in [0, 0.05) is 24.0 Å². The van der Waals surface area contributed by atoms with Gasteiger partial charge in [0.2, 0.25) is 11.8 Å². The van der Waals surface area contributed by atoms with Crippen LogP contribution in [-0.2, 0) is 22.6 Å². The molecule has 2 aromatic carbocycles. The van der Waals surface area contributed by atoms with E-state index in [0.29, 0.717) is 29.5 Å². The molecule has 0 saturated heterocycles. The normalized spacial score (nSPS) is 11.7. The first kappa shape index (κ1) is 24.5. The molecule has 0 bridgehead atoms. The Bertz CT molecular complexity index is 884. The molecule has 6 nitrogen and oxygen atoms in total. The lowest BCUT2D eigenvalue weighted by Crippen LogP contribution is -2.49. The molecule has 0 aliphatic rings. The predicted molar refractivity (Wildman–Crippen MR) is 123 cm³/mol. The third-order valence-corrected chi connectivity index (χ3v) is 5.19. The number of ether oxygens (including phenoxy) is 2. The highest BCUT2D eigenvalue weighted by atomic mass is 35.5. The van der Waals surface area contributed by atoms with E-state index in [-0.39, 0.29) is 24.3 Å². The number of nitrogens with one attached hydrogen (secondary N) is 1. The second-order valence-corrected chi connectivity index (χ2v) is 8.11. The lowest BCUT2D eigenvalue weighted by atomic mass is 10.1. The van der Waals surface area contributed by atoms with Gasteiger partial charge in [-0.1, -0.05) is 29.8 Å². The molecule has 2 aromatic rings. The summed E-state index contributed by atoms with van der Waals surface area (Å²) in [6.07, 6.45) is 0.789. The second kappa shape index (κ2) is 11.6. The first-order valence-corrected chi connectivity index (χ1v) is 10.7. The molecule has 0 heterocycles. The summed E-state index contributed by atoms with van der Waals surface area (Å²) in [5, 5.41) is 3.52. The highest BCUT2D eigenvalue weighted by Crippen LogP contribution is 2.28. The third kappa shape index (κ3) is 7.17. The van der Waals surface area contributed by atoms with E-state index in [1.807, 2.05) is 44.2 Å². The molecule has 0 aliphatic heterocycles. The smallest absolute Gasteiger partial charge is 0.242 e. The Morgan fingerprint density at radius 3 is 2.16 bits per heavy atom. The molecule has 0 saturated carbocycles. The molecule has 7 heteroatoms. The van der Waals surface area contributed by atoms with Crippen molar-refractivity contribution in [3.05, 3.63) is 58.6 Å². The van der Waals surface area contributed by atoms with Gasteiger partial charge in [0.05, 0.1) is 14.2 Å². The molecular formula is C24H31ClN2O4. The maximum Gasteiger partial charge on any atom is 0.242 e. The number of carbonyl (C=O) groups excluding carboxylic acids is 2. The fraction of sp³-hybridized carbons (Fsp3) is 0.417. The van der Waals surface area contributed by atoms with Crippen LogP contribution in [0.2, 0.25) is 5.02 Å². The molecular weight excluding hydrogens is 416 g/mol. The molecule has 0 unspecified atom stereocenters. The van der Waals surface area contributed by atoms with Crippen molar-refractivity contribution < 1.29 is 19.1 Å². The van der Waals surface area contributed by atoms with Crippen molar-refractivity contribution in [2.24, 2.45) is 0 Å². The van der Waals surface area contributed by atoms with Crippen molar-refractivity contribution in [1.82, 2.24) is 10.2 Å². The van der Waals surface area contributed by atoms with Gasteiger partial charge in [0.25, 0.3) is 0 Å². The predicted octanol–water partition coefficient (Wildman–Crippen LogP) is 4.23. The van der Waals surface area contributed by atoms with E-state index in [2.05, 4.69) is 5.32 Å². The standard InChI is InChI=1S/C24H31ClN2O4/c1-16(2)26-24(29)17(3)27(15-19-6-10-20(25)11-7-19)23(28)13-9-18-8-12-21(30-4)22(14-18)31-5/h6-8,10-12,14,16-17H,9,13,15H2,1-5H3,(H,26,29)/t17-/m0/s1. The fourth-order valence-corrected chi connectivity index (χ4v) is 3.33. The minimum absolute atomic E-state index is 0.00537. The summed E-state index contributed by atoms with van der Waals surface area (Å²) in [5.41, 5.74) is 1.87. The lowest BCUT2D eigenvalue weighted by molar-refractivity contribution is -0.140. The van der Waals surface area contributed by atoms with Crippen LogP contribution in [0.5, 0.6) is 11.5 Å². The number of nitrogens with zero attached hydrogens (tertiary/aromatic N) is 1. The van der Waals surface area contributed by atoms with Crippen molar-refractivity contribution >= 4 is 23.4 Å². The Kier molecular flexibility index (Phi) is 9.19. The van der Waals surface area contributed by atoms with E-state index in [9.17, 15) is 9.59 Å². The van der Waals surface area contributed by atoms with E-state index in [0.717, 1.165) is 11.1 Å². The average molecular weight is 447 g/mol. The largest absolute Gasteiger partial charge is 0.493 e. The van der Waals surface area contributed by atoms with Gasteiger partial charge < -0.3 is 19.7 Å². The molecule has 1 atom stereocenters. The molecule has 0 fully saturated rings. The van der Waals surface area contributed by atoms with Gasteiger partial charge >= 0.3 is 0 Å². The summed E-state index contributed by atoms with van der Waals surface area (Å²) >= 11 is 5.98. The minimum atomic E-state index is -0.601. The lowest BCUT2D eigenvalue weighted by Gasteiger charge is -2.29. The van der Waals surface area contributed by atoms with Crippen LogP contribution in [0.3, 0.4) is 0 Å². The number of methoxy groups -OCH3 is 2. The number of carbonyl (C=O) groups is 2. The number of amides is 2. The van der Waals surface area contributed by atoms with Crippen molar-refractivity contribution in [3.63, 3.8) is 0 Å². The number of aryl methyl sites for hydroxylation is 1. The Morgan fingerprint density at radius 1 is 0.968 bits per heavy atom. The van der Waals surface area contributed by atoms with Gasteiger partial charge in [-0.25, -0.2) is 0 Å². The molecule has 2 amide bonds. The molecule has 2 rings (SSSR count). The van der Waals surface area contributed by atoms with Crippen LogP contribution in [0.25, 0.3) is 0 Å². The van der Waals surface area contributed by atoms with E-state index >= 15 is 0 Å². The van der Waals surface area contributed by atoms with Gasteiger partial charge in [-0.3, -0.25) is 9.59 Å². The van der Waals surface area contributed by atoms with Crippen LogP contribution in [0.15, 0.2) is 42.5 Å². The summed E-state index contributed by atoms with van der Waals surface area (Å²) in [7, 11) is 3.16. The number of hydrogen-bond donors (Lipinski definition) is 1. The number of halogens is 1. The van der Waals surface area contributed by atoms with Crippen molar-refractivity contribution in [3.8, 4) is 11.5 Å². The van der Waals surface area contributed by atoms with Crippen molar-refractivity contribution in [1.29, 1.82) is 0 Å². The topological polar surface area (TPSA) is 67.9 Å². The van der Waals surface area contributed by atoms with E-state index in [4.69, 9.17) is 21.1 Å². The number of benzene rings is 2. The quantitative estimate of drug-likeness (QED) is 0.593. The summed E-state index contributed by atoms with van der Waals surface area (Å²) in [4.78, 5) is 27.4. The van der Waals surface area contributed by atoms with Crippen LogP contribution < -0.4 is 14.8 Å². The van der Waals surface area contributed by atoms with Crippen LogP contribution in [0.1, 0.15) is 38.3 Å². The Hall–Kier alpha value is -2.73. The third-order valence-electron chi connectivity index (χ3n) is 4.94. The van der Waals surface area contributed by atoms with Gasteiger partial charge in [-0.05, 0) is 62.6 Å². The molecule has 0 spiro atoms. The SMILES string of the molecule is COc1ccc(CCC(=O)N(Cc2ccc(Cl)cc2)[C@@H](C)C(=O)NC(C)C)cc1OC. The molecule has 31 heavy (non-hydrogen) atoms. The van der Waals surface area contributed by atoms with Crippen LogP contribution >= 0.6 is 11.6 Å². The van der Waals surface area contributed by atoms with Gasteiger partial charge in [0.15, 0.2) is 11.5 Å². The number of hydrogen-bond acceptors (Lipinski definition) is 4. The first-order chi connectivity index (χ1) is 14.7. The molecule has 0 radical (unpaired) electrons.